The highest BCUT2D eigenvalue weighted by Crippen LogP contribution is 2.27. The van der Waals surface area contributed by atoms with Crippen molar-refractivity contribution in [3.8, 4) is 0 Å². The van der Waals surface area contributed by atoms with Crippen molar-refractivity contribution in [1.29, 1.82) is 0 Å². The third kappa shape index (κ3) is 5.18. The average Bonchev–Trinajstić information content (AvgIpc) is 2.73. The fourth-order valence-corrected chi connectivity index (χ4v) is 5.05. The maximum absolute atomic E-state index is 12.9. The molecule has 5 nitrogen and oxygen atoms in total. The van der Waals surface area contributed by atoms with Gasteiger partial charge in [-0.05, 0) is 55.4 Å². The van der Waals surface area contributed by atoms with Crippen LogP contribution in [0.2, 0.25) is 5.02 Å². The number of halogens is 1. The molecular weight excluding hydrogens is 408 g/mol. The topological polar surface area (TPSA) is 57.7 Å². The summed E-state index contributed by atoms with van der Waals surface area (Å²) in [5, 5.41) is 0.120. The number of amides is 1. The second-order valence-corrected chi connectivity index (χ2v) is 10.2. The summed E-state index contributed by atoms with van der Waals surface area (Å²) in [5.41, 5.74) is 1.71. The van der Waals surface area contributed by atoms with E-state index in [2.05, 4.69) is 24.3 Å². The summed E-state index contributed by atoms with van der Waals surface area (Å²) in [6, 6.07) is 14.9. The number of likely N-dealkylation sites (tertiary alicyclic amines) is 1. The van der Waals surface area contributed by atoms with Gasteiger partial charge in [-0.1, -0.05) is 41.9 Å². The zero-order valence-corrected chi connectivity index (χ0v) is 18.4. The first kappa shape index (κ1) is 21.8. The van der Waals surface area contributed by atoms with Gasteiger partial charge in [0, 0.05) is 32.7 Å². The molecule has 0 aliphatic carbocycles. The quantitative estimate of drug-likeness (QED) is 0.688. The molecule has 0 unspecified atom stereocenters. The van der Waals surface area contributed by atoms with Gasteiger partial charge in [0.2, 0.25) is 10.0 Å². The van der Waals surface area contributed by atoms with Crippen molar-refractivity contribution >= 4 is 27.5 Å². The Hall–Kier alpha value is -1.89. The van der Waals surface area contributed by atoms with Gasteiger partial charge in [0.1, 0.15) is 4.90 Å². The summed E-state index contributed by atoms with van der Waals surface area (Å²) >= 11 is 6.09. The van der Waals surface area contributed by atoms with Crippen LogP contribution in [0.4, 0.5) is 0 Å². The summed E-state index contributed by atoms with van der Waals surface area (Å²) in [5.74, 6) is 0.465. The van der Waals surface area contributed by atoms with Crippen molar-refractivity contribution in [3.05, 3.63) is 64.7 Å². The van der Waals surface area contributed by atoms with Crippen molar-refractivity contribution < 1.29 is 13.2 Å². The van der Waals surface area contributed by atoms with E-state index in [9.17, 15) is 13.2 Å². The highest BCUT2D eigenvalue weighted by atomic mass is 35.5. The van der Waals surface area contributed by atoms with Gasteiger partial charge in [0.05, 0.1) is 5.02 Å². The average molecular weight is 435 g/mol. The first-order valence-corrected chi connectivity index (χ1v) is 11.7. The fourth-order valence-electron chi connectivity index (χ4n) is 3.65. The summed E-state index contributed by atoms with van der Waals surface area (Å²) < 4.78 is 26.0. The lowest BCUT2D eigenvalue weighted by atomic mass is 9.90. The van der Waals surface area contributed by atoms with E-state index < -0.39 is 10.0 Å². The molecule has 29 heavy (non-hydrogen) atoms. The molecule has 0 atom stereocenters. The van der Waals surface area contributed by atoms with E-state index in [1.54, 1.807) is 6.07 Å². The van der Waals surface area contributed by atoms with E-state index in [-0.39, 0.29) is 15.8 Å². The SMILES string of the molecule is CN(C)S(=O)(=O)c1cc(C(=O)N2CCC(CCc3ccccc3)CC2)ccc1Cl. The molecule has 1 heterocycles. The molecule has 0 spiro atoms. The largest absolute Gasteiger partial charge is 0.339 e. The minimum absolute atomic E-state index is 0.0345. The van der Waals surface area contributed by atoms with E-state index in [0.29, 0.717) is 24.6 Å². The Balaban J connectivity index is 1.62. The van der Waals surface area contributed by atoms with E-state index in [4.69, 9.17) is 11.6 Å². The van der Waals surface area contributed by atoms with Crippen LogP contribution in [0, 0.1) is 5.92 Å². The van der Waals surface area contributed by atoms with E-state index in [1.807, 2.05) is 11.0 Å². The molecule has 1 amide bonds. The molecule has 1 saturated heterocycles. The highest BCUT2D eigenvalue weighted by Gasteiger charge is 2.26. The van der Waals surface area contributed by atoms with Gasteiger partial charge in [-0.25, -0.2) is 12.7 Å². The van der Waals surface area contributed by atoms with Gasteiger partial charge in [-0.2, -0.15) is 0 Å². The second-order valence-electron chi connectivity index (χ2n) is 7.69. The number of aryl methyl sites for hydroxylation is 1. The van der Waals surface area contributed by atoms with Crippen LogP contribution in [-0.4, -0.2) is 50.7 Å². The number of rotatable bonds is 6. The number of benzene rings is 2. The molecule has 2 aromatic rings. The van der Waals surface area contributed by atoms with Crippen LogP contribution in [0.1, 0.15) is 35.2 Å². The molecule has 0 aromatic heterocycles. The Labute approximate surface area is 178 Å². The predicted octanol–water partition coefficient (Wildman–Crippen LogP) is 4.08. The van der Waals surface area contributed by atoms with E-state index in [1.165, 1.54) is 31.8 Å². The molecule has 0 saturated carbocycles. The minimum Gasteiger partial charge on any atom is -0.339 e. The first-order valence-electron chi connectivity index (χ1n) is 9.84. The third-order valence-corrected chi connectivity index (χ3v) is 7.82. The normalized spacial score (nSPS) is 15.7. The fraction of sp³-hybridized carbons (Fsp3) is 0.409. The number of piperidine rings is 1. The first-order chi connectivity index (χ1) is 13.8. The highest BCUT2D eigenvalue weighted by molar-refractivity contribution is 7.89. The molecular formula is C22H27ClN2O3S. The molecule has 0 radical (unpaired) electrons. The Kier molecular flexibility index (Phi) is 6.98. The molecule has 2 aromatic carbocycles. The Bertz CT molecular complexity index is 953. The minimum atomic E-state index is -3.71. The van der Waals surface area contributed by atoms with E-state index in [0.717, 1.165) is 30.0 Å². The monoisotopic (exact) mass is 434 g/mol. The van der Waals surface area contributed by atoms with Gasteiger partial charge >= 0.3 is 0 Å². The van der Waals surface area contributed by atoms with Crippen LogP contribution in [0.5, 0.6) is 0 Å². The van der Waals surface area contributed by atoms with Crippen molar-refractivity contribution in [2.75, 3.05) is 27.2 Å². The number of hydrogen-bond acceptors (Lipinski definition) is 3. The smallest absolute Gasteiger partial charge is 0.253 e. The molecule has 1 fully saturated rings. The van der Waals surface area contributed by atoms with Crippen molar-refractivity contribution in [1.82, 2.24) is 9.21 Å². The lowest BCUT2D eigenvalue weighted by molar-refractivity contribution is 0.0686. The molecule has 7 heteroatoms. The zero-order chi connectivity index (χ0) is 21.0. The number of carbonyl (C=O) groups is 1. The third-order valence-electron chi connectivity index (χ3n) is 5.52. The van der Waals surface area contributed by atoms with E-state index >= 15 is 0 Å². The summed E-state index contributed by atoms with van der Waals surface area (Å²) in [6.45, 7) is 1.38. The molecule has 156 valence electrons. The van der Waals surface area contributed by atoms with Gasteiger partial charge < -0.3 is 4.90 Å². The molecule has 0 N–H and O–H groups in total. The van der Waals surface area contributed by atoms with Crippen LogP contribution < -0.4 is 0 Å². The van der Waals surface area contributed by atoms with Crippen LogP contribution in [0.3, 0.4) is 0 Å². The van der Waals surface area contributed by atoms with Gasteiger partial charge in [-0.3, -0.25) is 4.79 Å². The maximum atomic E-state index is 12.9. The summed E-state index contributed by atoms with van der Waals surface area (Å²) in [7, 11) is -0.817. The molecule has 3 rings (SSSR count). The van der Waals surface area contributed by atoms with Gasteiger partial charge in [0.15, 0.2) is 0 Å². The standard InChI is InChI=1S/C22H27ClN2O3S/c1-24(2)29(27,28)21-16-19(10-11-20(21)23)22(26)25-14-12-18(13-15-25)9-8-17-6-4-3-5-7-17/h3-7,10-11,16,18H,8-9,12-15H2,1-2H3. The van der Waals surface area contributed by atoms with Crippen molar-refractivity contribution in [3.63, 3.8) is 0 Å². The summed E-state index contributed by atoms with van der Waals surface area (Å²) in [4.78, 5) is 14.7. The van der Waals surface area contributed by atoms with Crippen LogP contribution in [0.25, 0.3) is 0 Å². The van der Waals surface area contributed by atoms with Crippen LogP contribution >= 0.6 is 11.6 Å². The zero-order valence-electron chi connectivity index (χ0n) is 16.8. The Morgan fingerprint density at radius 2 is 1.76 bits per heavy atom. The Morgan fingerprint density at radius 3 is 2.38 bits per heavy atom. The van der Waals surface area contributed by atoms with Crippen LogP contribution in [0.15, 0.2) is 53.4 Å². The molecule has 1 aliphatic heterocycles. The number of hydrogen-bond donors (Lipinski definition) is 0. The number of carbonyl (C=O) groups excluding carboxylic acids is 1. The Morgan fingerprint density at radius 1 is 1.10 bits per heavy atom. The van der Waals surface area contributed by atoms with Crippen molar-refractivity contribution in [2.45, 2.75) is 30.6 Å². The number of nitrogens with zero attached hydrogens (tertiary/aromatic N) is 2. The summed E-state index contributed by atoms with van der Waals surface area (Å²) in [6.07, 6.45) is 4.12. The molecule has 0 bridgehead atoms. The second kappa shape index (κ2) is 9.28. The van der Waals surface area contributed by atoms with Crippen LogP contribution in [-0.2, 0) is 16.4 Å². The van der Waals surface area contributed by atoms with Gasteiger partial charge in [0.25, 0.3) is 5.91 Å². The van der Waals surface area contributed by atoms with Crippen molar-refractivity contribution in [2.24, 2.45) is 5.92 Å². The lowest BCUT2D eigenvalue weighted by Crippen LogP contribution is -2.38. The number of sulfonamides is 1. The maximum Gasteiger partial charge on any atom is 0.253 e. The molecule has 1 aliphatic rings. The lowest BCUT2D eigenvalue weighted by Gasteiger charge is -2.32. The predicted molar refractivity (Wildman–Crippen MR) is 116 cm³/mol. The van der Waals surface area contributed by atoms with Gasteiger partial charge in [-0.15, -0.1) is 0 Å².